The van der Waals surface area contributed by atoms with Gasteiger partial charge in [0.05, 0.1) is 32.8 Å². The molecule has 170 valence electrons. The minimum atomic E-state index is -1.53. The van der Waals surface area contributed by atoms with E-state index in [0.717, 1.165) is 10.6 Å². The number of hydrogen-bond acceptors (Lipinski definition) is 7. The first-order chi connectivity index (χ1) is 15.6. The van der Waals surface area contributed by atoms with Crippen LogP contribution in [-0.4, -0.2) is 27.9 Å². The molecule has 33 heavy (non-hydrogen) atoms. The molecule has 0 atom stereocenters. The average Bonchev–Trinajstić information content (AvgIpc) is 3.07. The number of carbonyl (C=O) groups is 3. The molecule has 0 aliphatic carbocycles. The summed E-state index contributed by atoms with van der Waals surface area (Å²) in [5, 5.41) is 26.9. The van der Waals surface area contributed by atoms with Crippen LogP contribution in [0.5, 0.6) is 5.75 Å². The van der Waals surface area contributed by atoms with Crippen molar-refractivity contribution in [2.45, 2.75) is 20.4 Å². The van der Waals surface area contributed by atoms with Crippen molar-refractivity contribution in [2.75, 3.05) is 0 Å². The van der Waals surface area contributed by atoms with E-state index in [1.807, 2.05) is 0 Å². The highest BCUT2D eigenvalue weighted by atomic mass is 79.9. The normalized spacial score (nSPS) is 11.2. The first kappa shape index (κ1) is 24.1. The largest absolute Gasteiger partial charge is 0.543 e. The van der Waals surface area contributed by atoms with Crippen LogP contribution < -0.4 is 15.7 Å². The van der Waals surface area contributed by atoms with Crippen molar-refractivity contribution >= 4 is 51.1 Å². The third-order valence-electron chi connectivity index (χ3n) is 4.52. The predicted molar refractivity (Wildman–Crippen MR) is 125 cm³/mol. The van der Waals surface area contributed by atoms with Crippen LogP contribution >= 0.6 is 27.3 Å². The molecule has 0 bridgehead atoms. The number of benzene rings is 2. The summed E-state index contributed by atoms with van der Waals surface area (Å²) in [6.07, 6.45) is 1.31. The number of carboxylic acids is 1. The quantitative estimate of drug-likeness (QED) is 0.404. The molecule has 3 aromatic rings. The topological polar surface area (TPSA) is 131 Å². The van der Waals surface area contributed by atoms with E-state index in [-0.39, 0.29) is 23.8 Å². The first-order valence-corrected chi connectivity index (χ1v) is 11.3. The fourth-order valence-corrected chi connectivity index (χ4v) is 4.37. The second-order valence-electron chi connectivity index (χ2n) is 7.03. The Balaban J connectivity index is 1.72. The van der Waals surface area contributed by atoms with Crippen molar-refractivity contribution in [1.82, 2.24) is 15.6 Å². The Hall–Kier alpha value is -3.50. The van der Waals surface area contributed by atoms with Gasteiger partial charge in [0, 0.05) is 16.6 Å². The minimum Gasteiger partial charge on any atom is -0.543 e. The lowest BCUT2D eigenvalue weighted by molar-refractivity contribution is -0.299. The van der Waals surface area contributed by atoms with E-state index in [4.69, 9.17) is 0 Å². The molecule has 10 heteroatoms. The summed E-state index contributed by atoms with van der Waals surface area (Å²) in [4.78, 5) is 41.5. The maximum absolute atomic E-state index is 12.7. The zero-order chi connectivity index (χ0) is 24.1. The summed E-state index contributed by atoms with van der Waals surface area (Å²) >= 11 is 4.56. The van der Waals surface area contributed by atoms with Gasteiger partial charge in [-0.2, -0.15) is 0 Å². The third kappa shape index (κ3) is 6.27. The number of aliphatic carboxylic acids is 1. The van der Waals surface area contributed by atoms with Crippen molar-refractivity contribution in [3.8, 4) is 5.75 Å². The SMILES string of the molecule is Cc1nc(C)c(/C=C(\NC(=O)c2ccc(C(=O)NCc3cccc(O)c3)cc2Br)C(=O)[O-])s1. The number of hydrogen-bond donors (Lipinski definition) is 3. The first-order valence-electron chi connectivity index (χ1n) is 9.68. The molecule has 0 aliphatic heterocycles. The Bertz CT molecular complexity index is 1270. The standard InChI is InChI=1S/C23H20BrN3O5S/c1-12-20(33-13(2)26-12)10-19(23(31)32)27-22(30)17-7-6-15(9-18(17)24)21(29)25-11-14-4-3-5-16(28)8-14/h3-10,28H,11H2,1-2H3,(H,25,29)(H,27,30)(H,31,32)/p-1/b19-10-. The van der Waals surface area contributed by atoms with Gasteiger partial charge in [-0.15, -0.1) is 11.3 Å². The maximum atomic E-state index is 12.7. The van der Waals surface area contributed by atoms with Crippen LogP contribution in [-0.2, 0) is 11.3 Å². The monoisotopic (exact) mass is 528 g/mol. The molecule has 8 nitrogen and oxygen atoms in total. The van der Waals surface area contributed by atoms with Crippen molar-refractivity contribution in [3.63, 3.8) is 0 Å². The van der Waals surface area contributed by atoms with Crippen molar-refractivity contribution in [2.24, 2.45) is 0 Å². The molecular formula is C23H19BrN3O5S-. The Morgan fingerprint density at radius 1 is 1.15 bits per heavy atom. The number of carboxylic acid groups (broad SMARTS) is 1. The van der Waals surface area contributed by atoms with Crippen LogP contribution in [0.2, 0.25) is 0 Å². The second-order valence-corrected chi connectivity index (χ2v) is 9.12. The van der Waals surface area contributed by atoms with Gasteiger partial charge >= 0.3 is 0 Å². The molecule has 2 amide bonds. The van der Waals surface area contributed by atoms with E-state index < -0.39 is 17.6 Å². The van der Waals surface area contributed by atoms with Gasteiger partial charge < -0.3 is 25.6 Å². The summed E-state index contributed by atoms with van der Waals surface area (Å²) in [7, 11) is 0. The smallest absolute Gasteiger partial charge is 0.256 e. The lowest BCUT2D eigenvalue weighted by Gasteiger charge is -2.12. The van der Waals surface area contributed by atoms with Gasteiger partial charge in [-0.05, 0) is 71.7 Å². The molecule has 0 unspecified atom stereocenters. The van der Waals surface area contributed by atoms with E-state index in [1.54, 1.807) is 32.0 Å². The molecule has 0 radical (unpaired) electrons. The highest BCUT2D eigenvalue weighted by Gasteiger charge is 2.16. The van der Waals surface area contributed by atoms with Gasteiger partial charge in [0.25, 0.3) is 11.8 Å². The second kappa shape index (κ2) is 10.4. The summed E-state index contributed by atoms with van der Waals surface area (Å²) in [6.45, 7) is 3.75. The molecule has 3 rings (SSSR count). The number of thiazole rings is 1. The lowest BCUT2D eigenvalue weighted by Crippen LogP contribution is -2.35. The molecule has 2 aromatic carbocycles. The zero-order valence-corrected chi connectivity index (χ0v) is 20.0. The summed E-state index contributed by atoms with van der Waals surface area (Å²) in [5.41, 5.74) is 1.42. The Morgan fingerprint density at radius 3 is 2.52 bits per heavy atom. The van der Waals surface area contributed by atoms with Crippen LogP contribution in [0.4, 0.5) is 0 Å². The van der Waals surface area contributed by atoms with E-state index in [0.29, 0.717) is 20.6 Å². The predicted octanol–water partition coefficient (Wildman–Crippen LogP) is 2.68. The summed E-state index contributed by atoms with van der Waals surface area (Å²) < 4.78 is 0.313. The highest BCUT2D eigenvalue weighted by molar-refractivity contribution is 9.10. The number of nitrogens with one attached hydrogen (secondary N) is 2. The molecule has 0 fully saturated rings. The molecular weight excluding hydrogens is 510 g/mol. The fraction of sp³-hybridized carbons (Fsp3) is 0.130. The summed E-state index contributed by atoms with van der Waals surface area (Å²) in [5.74, 6) is -2.49. The van der Waals surface area contributed by atoms with Crippen molar-refractivity contribution < 1.29 is 24.6 Å². The van der Waals surface area contributed by atoms with Gasteiger partial charge in [0.2, 0.25) is 0 Å². The highest BCUT2D eigenvalue weighted by Crippen LogP contribution is 2.22. The van der Waals surface area contributed by atoms with E-state index in [1.165, 1.54) is 41.7 Å². The molecule has 0 aliphatic rings. The number of amides is 2. The number of aromatic nitrogens is 1. The Kier molecular flexibility index (Phi) is 7.62. The van der Waals surface area contributed by atoms with Gasteiger partial charge in [-0.3, -0.25) is 9.59 Å². The number of rotatable bonds is 7. The Morgan fingerprint density at radius 2 is 1.91 bits per heavy atom. The van der Waals surface area contributed by atoms with Crippen LogP contribution in [0, 0.1) is 13.8 Å². The third-order valence-corrected chi connectivity index (χ3v) is 6.20. The molecule has 0 saturated carbocycles. The number of nitrogens with zero attached hydrogens (tertiary/aromatic N) is 1. The lowest BCUT2D eigenvalue weighted by atomic mass is 10.1. The number of carbonyl (C=O) groups excluding carboxylic acids is 3. The maximum Gasteiger partial charge on any atom is 0.256 e. The van der Waals surface area contributed by atoms with Crippen LogP contribution in [0.1, 0.15) is 41.9 Å². The van der Waals surface area contributed by atoms with Crippen molar-refractivity contribution in [1.29, 1.82) is 0 Å². The molecule has 1 heterocycles. The Labute approximate surface area is 202 Å². The van der Waals surface area contributed by atoms with E-state index in [9.17, 15) is 24.6 Å². The number of aromatic hydroxyl groups is 1. The number of phenols is 1. The van der Waals surface area contributed by atoms with Gasteiger partial charge in [0.1, 0.15) is 5.75 Å². The fourth-order valence-electron chi connectivity index (χ4n) is 2.94. The van der Waals surface area contributed by atoms with Gasteiger partial charge in [-0.25, -0.2) is 4.98 Å². The van der Waals surface area contributed by atoms with Crippen molar-refractivity contribution in [3.05, 3.63) is 84.9 Å². The van der Waals surface area contributed by atoms with Gasteiger partial charge in [-0.1, -0.05) is 12.1 Å². The number of aryl methyl sites for hydroxylation is 2. The average molecular weight is 529 g/mol. The molecule has 0 spiro atoms. The van der Waals surface area contributed by atoms with E-state index in [2.05, 4.69) is 31.5 Å². The molecule has 0 saturated heterocycles. The van der Waals surface area contributed by atoms with Crippen LogP contribution in [0.25, 0.3) is 6.08 Å². The zero-order valence-electron chi connectivity index (χ0n) is 17.6. The van der Waals surface area contributed by atoms with Gasteiger partial charge in [0.15, 0.2) is 0 Å². The number of halogens is 1. The molecule has 1 aromatic heterocycles. The van der Waals surface area contributed by atoms with E-state index >= 15 is 0 Å². The van der Waals surface area contributed by atoms with Crippen LogP contribution in [0.3, 0.4) is 0 Å². The number of phenolic OH excluding ortho intramolecular Hbond substituents is 1. The minimum absolute atomic E-state index is 0.102. The summed E-state index contributed by atoms with van der Waals surface area (Å²) in [6, 6.07) is 10.8. The molecule has 3 N–H and O–H groups in total. The van der Waals surface area contributed by atoms with Crippen LogP contribution in [0.15, 0.2) is 52.6 Å².